The molecule has 2 aromatic carbocycles. The lowest BCUT2D eigenvalue weighted by molar-refractivity contribution is -0.271. The SMILES string of the molecule is COc1cc2oc(-c3ccccc3)cc(=O)c2c(O[C@@H]2OC(C(=O)O)[C@@H](O)[C@H](O)C2O)c1O. The number of carboxylic acid groups (broad SMARTS) is 1. The number of carboxylic acids is 1. The molecule has 174 valence electrons. The van der Waals surface area contributed by atoms with Gasteiger partial charge in [-0.05, 0) is 0 Å². The highest BCUT2D eigenvalue weighted by Crippen LogP contribution is 2.43. The first-order valence-corrected chi connectivity index (χ1v) is 9.75. The molecule has 1 aromatic heterocycles. The molecule has 5 N–H and O–H groups in total. The van der Waals surface area contributed by atoms with Crippen LogP contribution in [0.3, 0.4) is 0 Å². The fraction of sp³-hybridized carbons (Fsp3) is 0.273. The van der Waals surface area contributed by atoms with Crippen molar-refractivity contribution < 1.29 is 49.0 Å². The summed E-state index contributed by atoms with van der Waals surface area (Å²) in [5, 5.41) is 49.7. The zero-order valence-corrected chi connectivity index (χ0v) is 17.1. The Bertz CT molecular complexity index is 1240. The molecular formula is C22H20O11. The van der Waals surface area contributed by atoms with Crippen LogP contribution < -0.4 is 14.9 Å². The molecule has 0 amide bonds. The standard InChI is InChI=1S/C22H20O11/c1-30-13-8-12-14(10(23)7-11(31-12)9-5-3-2-4-6-9)19(15(13)24)32-22-18(27)16(25)17(26)20(33-22)21(28)29/h2-8,16-18,20,22,24-27H,1H3,(H,28,29)/t16-,17-,18?,20?,22+/m0/s1. The Balaban J connectivity index is 1.84. The van der Waals surface area contributed by atoms with Crippen LogP contribution in [-0.4, -0.2) is 69.3 Å². The van der Waals surface area contributed by atoms with Crippen molar-refractivity contribution in [3.63, 3.8) is 0 Å². The van der Waals surface area contributed by atoms with Gasteiger partial charge in [0.15, 0.2) is 23.0 Å². The highest BCUT2D eigenvalue weighted by molar-refractivity contribution is 5.90. The first kappa shape index (κ1) is 22.6. The summed E-state index contributed by atoms with van der Waals surface area (Å²) >= 11 is 0. The maximum absolute atomic E-state index is 13.0. The van der Waals surface area contributed by atoms with Crippen molar-refractivity contribution in [3.05, 3.63) is 52.7 Å². The molecule has 0 radical (unpaired) electrons. The van der Waals surface area contributed by atoms with Gasteiger partial charge in [-0.15, -0.1) is 0 Å². The Kier molecular flexibility index (Phi) is 5.95. The molecule has 0 saturated carbocycles. The number of methoxy groups -OCH3 is 1. The zero-order valence-electron chi connectivity index (χ0n) is 17.1. The molecule has 11 nitrogen and oxygen atoms in total. The van der Waals surface area contributed by atoms with Crippen LogP contribution >= 0.6 is 0 Å². The van der Waals surface area contributed by atoms with Gasteiger partial charge in [-0.2, -0.15) is 0 Å². The normalized spacial score (nSPS) is 25.0. The van der Waals surface area contributed by atoms with Gasteiger partial charge in [0.05, 0.1) is 7.11 Å². The second-order valence-electron chi connectivity index (χ2n) is 7.32. The Morgan fingerprint density at radius 3 is 2.36 bits per heavy atom. The molecule has 0 bridgehead atoms. The third-order valence-corrected chi connectivity index (χ3v) is 5.24. The van der Waals surface area contributed by atoms with Crippen LogP contribution in [-0.2, 0) is 9.53 Å². The Morgan fingerprint density at radius 2 is 1.73 bits per heavy atom. The van der Waals surface area contributed by atoms with Crippen LogP contribution in [0.1, 0.15) is 0 Å². The lowest BCUT2D eigenvalue weighted by atomic mass is 9.99. The van der Waals surface area contributed by atoms with Gasteiger partial charge in [-0.25, -0.2) is 4.79 Å². The van der Waals surface area contributed by atoms with Crippen LogP contribution in [0.4, 0.5) is 0 Å². The van der Waals surface area contributed by atoms with E-state index in [9.17, 15) is 35.1 Å². The molecule has 0 aliphatic carbocycles. The molecule has 4 rings (SSSR count). The average Bonchev–Trinajstić information content (AvgIpc) is 2.80. The Hall–Kier alpha value is -3.64. The van der Waals surface area contributed by atoms with Crippen LogP contribution in [0.2, 0.25) is 0 Å². The summed E-state index contributed by atoms with van der Waals surface area (Å²) in [4.78, 5) is 24.3. The quantitative estimate of drug-likeness (QED) is 0.357. The summed E-state index contributed by atoms with van der Waals surface area (Å²) in [6, 6.07) is 11.2. The van der Waals surface area contributed by atoms with Crippen molar-refractivity contribution in [2.24, 2.45) is 0 Å². The number of aliphatic hydroxyl groups excluding tert-OH is 3. The van der Waals surface area contributed by atoms with Gasteiger partial charge in [0, 0.05) is 17.7 Å². The first-order valence-electron chi connectivity index (χ1n) is 9.75. The summed E-state index contributed by atoms with van der Waals surface area (Å²) in [6.45, 7) is 0. The number of rotatable bonds is 5. The van der Waals surface area contributed by atoms with Gasteiger partial charge >= 0.3 is 5.97 Å². The molecule has 1 aliphatic rings. The maximum Gasteiger partial charge on any atom is 0.335 e. The first-order chi connectivity index (χ1) is 15.7. The van der Waals surface area contributed by atoms with E-state index in [1.807, 2.05) is 0 Å². The molecule has 2 heterocycles. The smallest absolute Gasteiger partial charge is 0.335 e. The summed E-state index contributed by atoms with van der Waals surface area (Å²) in [5.41, 5.74) is -0.0474. The van der Waals surface area contributed by atoms with Crippen molar-refractivity contribution in [3.8, 4) is 28.6 Å². The number of phenols is 1. The van der Waals surface area contributed by atoms with Gasteiger partial charge < -0.3 is 44.2 Å². The monoisotopic (exact) mass is 460 g/mol. The van der Waals surface area contributed by atoms with Gasteiger partial charge in [0.2, 0.25) is 12.0 Å². The number of ether oxygens (including phenoxy) is 3. The highest BCUT2D eigenvalue weighted by atomic mass is 16.7. The van der Waals surface area contributed by atoms with Gasteiger partial charge in [-0.3, -0.25) is 4.79 Å². The topological polar surface area (TPSA) is 176 Å². The predicted molar refractivity (Wildman–Crippen MR) is 111 cm³/mol. The molecule has 0 spiro atoms. The third kappa shape index (κ3) is 3.98. The number of hydrogen-bond donors (Lipinski definition) is 5. The largest absolute Gasteiger partial charge is 0.502 e. The second kappa shape index (κ2) is 8.71. The number of carbonyl (C=O) groups is 1. The molecule has 3 aromatic rings. The second-order valence-corrected chi connectivity index (χ2v) is 7.32. The van der Waals surface area contributed by atoms with E-state index in [4.69, 9.17) is 18.6 Å². The van der Waals surface area contributed by atoms with E-state index in [0.29, 0.717) is 5.56 Å². The minimum Gasteiger partial charge on any atom is -0.502 e. The van der Waals surface area contributed by atoms with Crippen molar-refractivity contribution >= 4 is 16.9 Å². The summed E-state index contributed by atoms with van der Waals surface area (Å²) in [5.74, 6) is -2.70. The van der Waals surface area contributed by atoms with Crippen molar-refractivity contribution in [2.75, 3.05) is 7.11 Å². The van der Waals surface area contributed by atoms with Crippen molar-refractivity contribution in [1.82, 2.24) is 0 Å². The van der Waals surface area contributed by atoms with E-state index >= 15 is 0 Å². The number of phenolic OH excluding ortho intramolecular Hbond substituents is 1. The lowest BCUT2D eigenvalue weighted by Gasteiger charge is -2.38. The van der Waals surface area contributed by atoms with E-state index in [1.165, 1.54) is 19.2 Å². The average molecular weight is 460 g/mol. The van der Waals surface area contributed by atoms with Crippen LogP contribution in [0.25, 0.3) is 22.3 Å². The number of benzene rings is 2. The van der Waals surface area contributed by atoms with Gasteiger partial charge in [-0.1, -0.05) is 30.3 Å². The fourth-order valence-electron chi connectivity index (χ4n) is 3.54. The molecular weight excluding hydrogens is 440 g/mol. The van der Waals surface area contributed by atoms with Crippen LogP contribution in [0.5, 0.6) is 17.2 Å². The Labute approximate surface area is 185 Å². The van der Waals surface area contributed by atoms with Crippen molar-refractivity contribution in [1.29, 1.82) is 0 Å². The molecule has 2 unspecified atom stereocenters. The third-order valence-electron chi connectivity index (χ3n) is 5.24. The number of fused-ring (bicyclic) bond motifs is 1. The van der Waals surface area contributed by atoms with Gasteiger partial charge in [0.1, 0.15) is 35.0 Å². The van der Waals surface area contributed by atoms with Gasteiger partial charge in [0.25, 0.3) is 0 Å². The molecule has 1 fully saturated rings. The summed E-state index contributed by atoms with van der Waals surface area (Å²) in [6.07, 6.45) is -9.59. The molecule has 11 heteroatoms. The lowest BCUT2D eigenvalue weighted by Crippen LogP contribution is -2.61. The minimum atomic E-state index is -1.94. The summed E-state index contributed by atoms with van der Waals surface area (Å²) in [7, 11) is 1.25. The van der Waals surface area contributed by atoms with E-state index in [2.05, 4.69) is 0 Å². The van der Waals surface area contributed by atoms with E-state index < -0.39 is 53.6 Å². The molecule has 5 atom stereocenters. The number of hydrogen-bond acceptors (Lipinski definition) is 10. The van der Waals surface area contributed by atoms with Crippen LogP contribution in [0, 0.1) is 0 Å². The summed E-state index contributed by atoms with van der Waals surface area (Å²) < 4.78 is 21.5. The van der Waals surface area contributed by atoms with Crippen molar-refractivity contribution in [2.45, 2.75) is 30.7 Å². The van der Waals surface area contributed by atoms with E-state index in [1.54, 1.807) is 30.3 Å². The fourth-order valence-corrected chi connectivity index (χ4v) is 3.54. The maximum atomic E-state index is 13.0. The molecule has 1 aliphatic heterocycles. The molecule has 33 heavy (non-hydrogen) atoms. The number of aliphatic hydroxyl groups is 3. The number of aromatic hydroxyl groups is 1. The minimum absolute atomic E-state index is 0.0355. The zero-order chi connectivity index (χ0) is 23.9. The molecule has 1 saturated heterocycles. The van der Waals surface area contributed by atoms with E-state index in [0.717, 1.165) is 0 Å². The predicted octanol–water partition coefficient (Wildman–Crippen LogP) is 0.445. The van der Waals surface area contributed by atoms with Crippen LogP contribution in [0.15, 0.2) is 51.7 Å². The number of aliphatic carboxylic acids is 1. The van der Waals surface area contributed by atoms with E-state index in [-0.39, 0.29) is 22.5 Å². The highest BCUT2D eigenvalue weighted by Gasteiger charge is 2.48. The Morgan fingerprint density at radius 1 is 1.03 bits per heavy atom.